The Kier molecular flexibility index (Phi) is 7.22. The van der Waals surface area contributed by atoms with Crippen LogP contribution in [0.4, 0.5) is 20.5 Å². The highest BCUT2D eigenvalue weighted by atomic mass is 19.1. The van der Waals surface area contributed by atoms with E-state index in [2.05, 4.69) is 11.9 Å². The molecule has 2 fully saturated rings. The minimum atomic E-state index is -0.661. The molecule has 2 aliphatic rings. The van der Waals surface area contributed by atoms with Gasteiger partial charge >= 0.3 is 6.01 Å². The van der Waals surface area contributed by atoms with Crippen molar-refractivity contribution < 1.29 is 22.7 Å². The number of rotatable bonds is 6. The zero-order valence-electron chi connectivity index (χ0n) is 22.5. The number of piperazine rings is 1. The van der Waals surface area contributed by atoms with Gasteiger partial charge in [-0.15, -0.1) is 0 Å². The number of para-hydroxylation sites is 2. The van der Waals surface area contributed by atoms with Crippen molar-refractivity contribution >= 4 is 28.7 Å². The van der Waals surface area contributed by atoms with Gasteiger partial charge in [0.2, 0.25) is 5.91 Å². The van der Waals surface area contributed by atoms with E-state index < -0.39 is 11.6 Å². The van der Waals surface area contributed by atoms with Crippen LogP contribution in [-0.4, -0.2) is 78.2 Å². The van der Waals surface area contributed by atoms with Gasteiger partial charge in [-0.1, -0.05) is 30.3 Å². The second-order valence-corrected chi connectivity index (χ2v) is 10.3. The minimum absolute atomic E-state index is 0.0257. The molecule has 1 unspecified atom stereocenters. The molecule has 10 heteroatoms. The third-order valence-corrected chi connectivity index (χ3v) is 7.55. The first-order chi connectivity index (χ1) is 19.4. The van der Waals surface area contributed by atoms with Crippen molar-refractivity contribution in [3.63, 3.8) is 0 Å². The van der Waals surface area contributed by atoms with Crippen LogP contribution in [0.1, 0.15) is 12.5 Å². The maximum Gasteiger partial charge on any atom is 0.318 e. The lowest BCUT2D eigenvalue weighted by Crippen LogP contribution is -2.52. The summed E-state index contributed by atoms with van der Waals surface area (Å²) in [6.45, 7) is 5.12. The third kappa shape index (κ3) is 5.05. The highest BCUT2D eigenvalue weighted by Crippen LogP contribution is 2.36. The average Bonchev–Trinajstić information content (AvgIpc) is 3.38. The Hall–Kier alpha value is -3.86. The molecular weight excluding hydrogens is 516 g/mol. The van der Waals surface area contributed by atoms with Crippen molar-refractivity contribution in [2.45, 2.75) is 19.5 Å². The molecule has 0 N–H and O–H groups in total. The molecule has 0 saturated carbocycles. The fourth-order valence-corrected chi connectivity index (χ4v) is 5.28. The minimum Gasteiger partial charge on any atom is -0.422 e. The first kappa shape index (κ1) is 26.4. The average molecular weight is 548 g/mol. The summed E-state index contributed by atoms with van der Waals surface area (Å²) in [6, 6.07) is 18.3. The van der Waals surface area contributed by atoms with Crippen LogP contribution in [0.3, 0.4) is 0 Å². The first-order valence-corrected chi connectivity index (χ1v) is 13.4. The van der Waals surface area contributed by atoms with Crippen molar-refractivity contribution in [2.75, 3.05) is 51.4 Å². The number of fused-ring (bicyclic) bond motifs is 1. The van der Waals surface area contributed by atoms with Crippen LogP contribution in [-0.2, 0) is 16.1 Å². The van der Waals surface area contributed by atoms with Crippen LogP contribution in [0, 0.1) is 11.6 Å². The summed E-state index contributed by atoms with van der Waals surface area (Å²) in [5.41, 5.74) is 2.74. The smallest absolute Gasteiger partial charge is 0.318 e. The normalized spacial score (nSPS) is 18.9. The summed E-state index contributed by atoms with van der Waals surface area (Å²) in [5.74, 6) is -1.38. The molecule has 2 saturated heterocycles. The summed E-state index contributed by atoms with van der Waals surface area (Å²) >= 11 is 0. The quantitative estimate of drug-likeness (QED) is 0.343. The number of oxazole rings is 1. The lowest BCUT2D eigenvalue weighted by atomic mass is 10.0. The number of hydrogen-bond acceptors (Lipinski definition) is 7. The molecule has 0 spiro atoms. The zero-order valence-corrected chi connectivity index (χ0v) is 22.5. The fourth-order valence-electron chi connectivity index (χ4n) is 5.28. The van der Waals surface area contributed by atoms with Gasteiger partial charge in [0.05, 0.1) is 31.5 Å². The molecule has 1 amide bonds. The number of carbonyl (C=O) groups excluding carboxylic acids is 1. The second-order valence-electron chi connectivity index (χ2n) is 10.3. The molecule has 3 heterocycles. The Labute approximate surface area is 231 Å². The number of amides is 1. The van der Waals surface area contributed by atoms with E-state index in [1.54, 1.807) is 29.0 Å². The monoisotopic (exact) mass is 547 g/mol. The number of hydrazine groups is 1. The number of morpholine rings is 1. The second kappa shape index (κ2) is 11.0. The topological polar surface area (TPSA) is 65.3 Å². The molecule has 6 rings (SSSR count). The summed E-state index contributed by atoms with van der Waals surface area (Å²) in [5, 5.41) is 4.10. The number of hydrogen-bond donors (Lipinski definition) is 0. The van der Waals surface area contributed by atoms with Crippen molar-refractivity contribution in [1.82, 2.24) is 19.8 Å². The predicted molar refractivity (Wildman–Crippen MR) is 148 cm³/mol. The van der Waals surface area contributed by atoms with Crippen molar-refractivity contribution in [3.8, 4) is 11.1 Å². The van der Waals surface area contributed by atoms with E-state index >= 15 is 8.78 Å². The van der Waals surface area contributed by atoms with Crippen molar-refractivity contribution in [3.05, 3.63) is 77.9 Å². The van der Waals surface area contributed by atoms with Crippen LogP contribution in [0.5, 0.6) is 0 Å². The summed E-state index contributed by atoms with van der Waals surface area (Å²) in [6.07, 6.45) is 0. The van der Waals surface area contributed by atoms with Crippen LogP contribution in [0.2, 0.25) is 0 Å². The van der Waals surface area contributed by atoms with Gasteiger partial charge in [-0.25, -0.2) is 18.8 Å². The van der Waals surface area contributed by atoms with Gasteiger partial charge in [0, 0.05) is 44.4 Å². The van der Waals surface area contributed by atoms with E-state index in [0.29, 0.717) is 61.1 Å². The molecule has 4 aromatic rings. The van der Waals surface area contributed by atoms with Gasteiger partial charge in [0.1, 0.15) is 17.2 Å². The zero-order chi connectivity index (χ0) is 27.8. The number of aromatic nitrogens is 1. The van der Waals surface area contributed by atoms with Crippen molar-refractivity contribution in [2.24, 2.45) is 0 Å². The van der Waals surface area contributed by atoms with E-state index in [4.69, 9.17) is 14.1 Å². The van der Waals surface area contributed by atoms with E-state index in [9.17, 15) is 4.79 Å². The Morgan fingerprint density at radius 1 is 1.02 bits per heavy atom. The van der Waals surface area contributed by atoms with Crippen molar-refractivity contribution in [1.29, 1.82) is 0 Å². The number of halogens is 2. The Morgan fingerprint density at radius 3 is 2.52 bits per heavy atom. The molecule has 1 atom stereocenters. The highest BCUT2D eigenvalue weighted by Gasteiger charge is 2.30. The maximum atomic E-state index is 15.3. The number of carbonyl (C=O) groups is 1. The molecule has 40 heavy (non-hydrogen) atoms. The Bertz CT molecular complexity index is 1510. The number of ether oxygens (including phenoxy) is 1. The molecule has 1 aromatic heterocycles. The number of anilines is 2. The first-order valence-electron chi connectivity index (χ1n) is 13.4. The van der Waals surface area contributed by atoms with E-state index in [-0.39, 0.29) is 30.6 Å². The van der Waals surface area contributed by atoms with Gasteiger partial charge in [0.15, 0.2) is 5.58 Å². The molecule has 2 aliphatic heterocycles. The lowest BCUT2D eigenvalue weighted by Gasteiger charge is -2.40. The largest absolute Gasteiger partial charge is 0.422 e. The molecular formula is C30H31F2N5O3. The predicted octanol–water partition coefficient (Wildman–Crippen LogP) is 4.82. The number of likely N-dealkylation sites (N-methyl/N-ethyl adjacent to an activating group) is 1. The molecule has 3 aromatic carbocycles. The van der Waals surface area contributed by atoms with Crippen LogP contribution < -0.4 is 5.01 Å². The fraction of sp³-hybridized carbons (Fsp3) is 0.333. The number of nitrogens with zero attached hydrogens (tertiary/aromatic N) is 5. The summed E-state index contributed by atoms with van der Waals surface area (Å²) in [7, 11) is 1.73. The van der Waals surface area contributed by atoms with Crippen LogP contribution >= 0.6 is 0 Å². The SMILES string of the molecule is CC1COCCN1N(c1ccccc1)c1nc2cccc(-c3cc(F)c(CN4CCN(C)C(=O)C4)c(F)c3)c2o1. The highest BCUT2D eigenvalue weighted by molar-refractivity contribution is 5.91. The van der Waals surface area contributed by atoms with E-state index in [1.165, 1.54) is 12.1 Å². The maximum absolute atomic E-state index is 15.3. The van der Waals surface area contributed by atoms with E-state index in [0.717, 1.165) is 5.69 Å². The Morgan fingerprint density at radius 2 is 1.80 bits per heavy atom. The molecule has 8 nitrogen and oxygen atoms in total. The lowest BCUT2D eigenvalue weighted by molar-refractivity contribution is -0.134. The molecule has 0 aliphatic carbocycles. The summed E-state index contributed by atoms with van der Waals surface area (Å²) < 4.78 is 42.7. The molecule has 0 bridgehead atoms. The third-order valence-electron chi connectivity index (χ3n) is 7.55. The standard InChI is InChI=1S/C30H31F2N5O3/c1-20-19-39-14-13-36(20)37(22-7-4-3-5-8-22)30-33-27-10-6-9-23(29(27)40-30)21-15-25(31)24(26(32)16-21)17-35-12-11-34(2)28(38)18-35/h3-10,15-16,20H,11-14,17-19H2,1-2H3. The van der Waals surface area contributed by atoms with Gasteiger partial charge in [0.25, 0.3) is 0 Å². The van der Waals surface area contributed by atoms with E-state index in [1.807, 2.05) is 41.4 Å². The van der Waals surface area contributed by atoms with Crippen LogP contribution in [0.15, 0.2) is 65.1 Å². The van der Waals surface area contributed by atoms with Gasteiger partial charge in [-0.3, -0.25) is 9.69 Å². The van der Waals surface area contributed by atoms with Crippen LogP contribution in [0.25, 0.3) is 22.2 Å². The Balaban J connectivity index is 1.36. The summed E-state index contributed by atoms with van der Waals surface area (Å²) in [4.78, 5) is 20.2. The molecule has 0 radical (unpaired) electrons. The van der Waals surface area contributed by atoms with Gasteiger partial charge in [-0.2, -0.15) is 4.98 Å². The molecule has 208 valence electrons. The van der Waals surface area contributed by atoms with Gasteiger partial charge < -0.3 is 14.1 Å². The number of benzene rings is 3. The van der Waals surface area contributed by atoms with Gasteiger partial charge in [-0.05, 0) is 42.8 Å².